The lowest BCUT2D eigenvalue weighted by Gasteiger charge is -2.13. The molecule has 1 unspecified atom stereocenters. The van der Waals surface area contributed by atoms with Gasteiger partial charge in [-0.3, -0.25) is 4.98 Å². The minimum absolute atomic E-state index is 0.366. The molecule has 1 N–H and O–H groups in total. The van der Waals surface area contributed by atoms with E-state index in [0.29, 0.717) is 0 Å². The molecule has 0 bridgehead atoms. The topological polar surface area (TPSA) is 33.1 Å². The van der Waals surface area contributed by atoms with Crippen molar-refractivity contribution in [3.05, 3.63) is 42.1 Å². The zero-order valence-corrected chi connectivity index (χ0v) is 11.7. The average Bonchev–Trinajstić information content (AvgIpc) is 2.46. The van der Waals surface area contributed by atoms with E-state index in [2.05, 4.69) is 11.9 Å². The van der Waals surface area contributed by atoms with E-state index < -0.39 is 0 Å². The summed E-state index contributed by atoms with van der Waals surface area (Å²) >= 11 is 0. The number of aliphatic hydroxyl groups excluding tert-OH is 1. The monoisotopic (exact) mass is 257 g/mol. The van der Waals surface area contributed by atoms with E-state index in [0.717, 1.165) is 29.3 Å². The lowest BCUT2D eigenvalue weighted by atomic mass is 9.98. The molecule has 1 heterocycles. The van der Waals surface area contributed by atoms with Crippen molar-refractivity contribution in [1.82, 2.24) is 4.98 Å². The molecule has 1 aromatic heterocycles. The number of fused-ring (bicyclic) bond motifs is 1. The van der Waals surface area contributed by atoms with Crippen molar-refractivity contribution in [3.63, 3.8) is 0 Å². The van der Waals surface area contributed by atoms with Crippen LogP contribution in [0.25, 0.3) is 10.9 Å². The highest BCUT2D eigenvalue weighted by atomic mass is 16.3. The first-order chi connectivity index (χ1) is 9.33. The largest absolute Gasteiger partial charge is 0.388 e. The van der Waals surface area contributed by atoms with Gasteiger partial charge in [0.1, 0.15) is 0 Å². The predicted molar refractivity (Wildman–Crippen MR) is 80.1 cm³/mol. The summed E-state index contributed by atoms with van der Waals surface area (Å²) in [5.74, 6) is 0. The Labute approximate surface area is 115 Å². The van der Waals surface area contributed by atoms with Crippen LogP contribution in [-0.4, -0.2) is 10.1 Å². The van der Waals surface area contributed by atoms with Crippen LogP contribution in [0.1, 0.15) is 57.1 Å². The Balaban J connectivity index is 1.99. The number of aliphatic hydroxyl groups is 1. The first-order valence-electron chi connectivity index (χ1n) is 7.34. The summed E-state index contributed by atoms with van der Waals surface area (Å²) < 4.78 is 0. The van der Waals surface area contributed by atoms with Gasteiger partial charge in [0.15, 0.2) is 0 Å². The second-order valence-electron chi connectivity index (χ2n) is 5.14. The molecule has 2 rings (SSSR count). The van der Waals surface area contributed by atoms with Crippen LogP contribution in [0.4, 0.5) is 0 Å². The van der Waals surface area contributed by atoms with Crippen LogP contribution in [0.5, 0.6) is 0 Å². The van der Waals surface area contributed by atoms with Gasteiger partial charge in [-0.25, -0.2) is 0 Å². The third-order valence-corrected chi connectivity index (χ3v) is 3.62. The van der Waals surface area contributed by atoms with Gasteiger partial charge in [-0.15, -0.1) is 0 Å². The Hall–Kier alpha value is -1.41. The Kier molecular flexibility index (Phi) is 5.34. The van der Waals surface area contributed by atoms with Crippen molar-refractivity contribution >= 4 is 10.9 Å². The molecule has 1 atom stereocenters. The fourth-order valence-electron chi connectivity index (χ4n) is 2.51. The van der Waals surface area contributed by atoms with Gasteiger partial charge in [0.05, 0.1) is 11.6 Å². The number of benzene rings is 1. The highest BCUT2D eigenvalue weighted by Crippen LogP contribution is 2.26. The van der Waals surface area contributed by atoms with Crippen molar-refractivity contribution < 1.29 is 5.11 Å². The smallest absolute Gasteiger partial charge is 0.0796 e. The Morgan fingerprint density at radius 1 is 1.05 bits per heavy atom. The summed E-state index contributed by atoms with van der Waals surface area (Å²) in [7, 11) is 0. The number of hydrogen-bond acceptors (Lipinski definition) is 2. The van der Waals surface area contributed by atoms with Gasteiger partial charge in [0, 0.05) is 11.6 Å². The highest BCUT2D eigenvalue weighted by molar-refractivity contribution is 5.82. The number of hydrogen-bond donors (Lipinski definition) is 1. The van der Waals surface area contributed by atoms with Crippen LogP contribution in [-0.2, 0) is 0 Å². The molecule has 2 nitrogen and oxygen atoms in total. The molecule has 102 valence electrons. The van der Waals surface area contributed by atoms with Crippen molar-refractivity contribution in [3.8, 4) is 0 Å². The van der Waals surface area contributed by atoms with E-state index in [9.17, 15) is 5.11 Å². The first-order valence-corrected chi connectivity index (χ1v) is 7.34. The van der Waals surface area contributed by atoms with E-state index in [-0.39, 0.29) is 6.10 Å². The van der Waals surface area contributed by atoms with E-state index in [4.69, 9.17) is 0 Å². The minimum atomic E-state index is -0.366. The lowest BCUT2D eigenvalue weighted by molar-refractivity contribution is 0.165. The average molecular weight is 257 g/mol. The van der Waals surface area contributed by atoms with Gasteiger partial charge < -0.3 is 5.11 Å². The maximum atomic E-state index is 10.3. The minimum Gasteiger partial charge on any atom is -0.388 e. The SMILES string of the molecule is CCCCCCCC(O)c1cccc2ncccc12. The molecule has 2 aromatic rings. The fourth-order valence-corrected chi connectivity index (χ4v) is 2.51. The summed E-state index contributed by atoms with van der Waals surface area (Å²) in [5, 5.41) is 11.4. The summed E-state index contributed by atoms with van der Waals surface area (Å²) in [6.45, 7) is 2.22. The molecule has 0 aliphatic rings. The molecule has 0 spiro atoms. The number of rotatable bonds is 7. The Morgan fingerprint density at radius 3 is 2.74 bits per heavy atom. The molecule has 1 aromatic carbocycles. The van der Waals surface area contributed by atoms with Crippen LogP contribution in [0, 0.1) is 0 Å². The first kappa shape index (κ1) is 14.0. The molecule has 0 radical (unpaired) electrons. The Morgan fingerprint density at radius 2 is 1.89 bits per heavy atom. The van der Waals surface area contributed by atoms with E-state index in [1.54, 1.807) is 6.20 Å². The molecule has 19 heavy (non-hydrogen) atoms. The van der Waals surface area contributed by atoms with Crippen LogP contribution in [0.2, 0.25) is 0 Å². The van der Waals surface area contributed by atoms with Gasteiger partial charge in [-0.05, 0) is 24.1 Å². The van der Waals surface area contributed by atoms with Gasteiger partial charge in [-0.2, -0.15) is 0 Å². The normalized spacial score (nSPS) is 12.7. The highest BCUT2D eigenvalue weighted by Gasteiger charge is 2.10. The molecular formula is C17H23NO. The molecular weight excluding hydrogens is 234 g/mol. The maximum absolute atomic E-state index is 10.3. The van der Waals surface area contributed by atoms with Crippen molar-refractivity contribution in [2.24, 2.45) is 0 Å². The van der Waals surface area contributed by atoms with Crippen LogP contribution in [0.15, 0.2) is 36.5 Å². The lowest BCUT2D eigenvalue weighted by Crippen LogP contribution is -1.99. The standard InChI is InChI=1S/C17H23NO/c1-2-3-4-5-6-12-17(19)15-9-7-11-16-14(15)10-8-13-18-16/h7-11,13,17,19H,2-6,12H2,1H3. The number of aromatic nitrogens is 1. The van der Waals surface area contributed by atoms with Crippen molar-refractivity contribution in [1.29, 1.82) is 0 Å². The Bertz CT molecular complexity index is 504. The molecule has 0 fully saturated rings. The second-order valence-corrected chi connectivity index (χ2v) is 5.14. The zero-order chi connectivity index (χ0) is 13.5. The van der Waals surface area contributed by atoms with Gasteiger partial charge >= 0.3 is 0 Å². The third-order valence-electron chi connectivity index (χ3n) is 3.62. The number of nitrogens with zero attached hydrogens (tertiary/aromatic N) is 1. The summed E-state index contributed by atoms with van der Waals surface area (Å²) in [6.07, 6.45) is 8.42. The number of pyridine rings is 1. The molecule has 0 saturated heterocycles. The number of unbranched alkanes of at least 4 members (excludes halogenated alkanes) is 4. The summed E-state index contributed by atoms with van der Waals surface area (Å²) in [6, 6.07) is 9.95. The van der Waals surface area contributed by atoms with E-state index in [1.165, 1.54) is 25.7 Å². The molecule has 0 amide bonds. The summed E-state index contributed by atoms with van der Waals surface area (Å²) in [5.41, 5.74) is 1.98. The van der Waals surface area contributed by atoms with Crippen LogP contribution < -0.4 is 0 Å². The van der Waals surface area contributed by atoms with Gasteiger partial charge in [-0.1, -0.05) is 57.2 Å². The van der Waals surface area contributed by atoms with Crippen LogP contribution >= 0.6 is 0 Å². The van der Waals surface area contributed by atoms with Gasteiger partial charge in [0.25, 0.3) is 0 Å². The maximum Gasteiger partial charge on any atom is 0.0796 e. The third kappa shape index (κ3) is 3.77. The van der Waals surface area contributed by atoms with E-state index >= 15 is 0 Å². The van der Waals surface area contributed by atoms with Crippen LogP contribution in [0.3, 0.4) is 0 Å². The van der Waals surface area contributed by atoms with Crippen molar-refractivity contribution in [2.45, 2.75) is 51.6 Å². The second kappa shape index (κ2) is 7.25. The van der Waals surface area contributed by atoms with Gasteiger partial charge in [0.2, 0.25) is 0 Å². The molecule has 0 saturated carbocycles. The predicted octanol–water partition coefficient (Wildman–Crippen LogP) is 4.63. The molecule has 0 aliphatic carbocycles. The molecule has 2 heteroatoms. The molecule has 0 aliphatic heterocycles. The summed E-state index contributed by atoms with van der Waals surface area (Å²) in [4.78, 5) is 4.33. The quantitative estimate of drug-likeness (QED) is 0.734. The van der Waals surface area contributed by atoms with Crippen molar-refractivity contribution in [2.75, 3.05) is 0 Å². The van der Waals surface area contributed by atoms with E-state index in [1.807, 2.05) is 30.3 Å². The zero-order valence-electron chi connectivity index (χ0n) is 11.7. The fraction of sp³-hybridized carbons (Fsp3) is 0.471.